The second-order valence-corrected chi connectivity index (χ2v) is 4.95. The van der Waals surface area contributed by atoms with Crippen LogP contribution >= 0.6 is 0 Å². The number of aromatic nitrogens is 1. The molecule has 1 heterocycles. The summed E-state index contributed by atoms with van der Waals surface area (Å²) in [6.07, 6.45) is 2.92. The van der Waals surface area contributed by atoms with E-state index in [-0.39, 0.29) is 12.1 Å². The maximum Gasteiger partial charge on any atom is 0.215 e. The number of hydrogen-bond donors (Lipinski definition) is 1. The van der Waals surface area contributed by atoms with Crippen molar-refractivity contribution in [3.63, 3.8) is 0 Å². The minimum absolute atomic E-state index is 0.121. The van der Waals surface area contributed by atoms with Crippen LogP contribution in [0.4, 0.5) is 0 Å². The first kappa shape index (κ1) is 11.9. The molecule has 1 aromatic carbocycles. The summed E-state index contributed by atoms with van der Waals surface area (Å²) in [5.74, 6) is 0.523. The lowest BCUT2D eigenvalue weighted by molar-refractivity contribution is 0.200. The number of nitriles is 1. The molecule has 1 aromatic heterocycles. The number of ether oxygens (including phenoxy) is 1. The zero-order chi connectivity index (χ0) is 13.2. The molecule has 2 aromatic rings. The molecule has 4 nitrogen and oxygen atoms in total. The Labute approximate surface area is 111 Å². The van der Waals surface area contributed by atoms with Gasteiger partial charge in [-0.25, -0.2) is 4.98 Å². The minimum Gasteiger partial charge on any atom is -0.474 e. The van der Waals surface area contributed by atoms with Gasteiger partial charge in [0, 0.05) is 17.5 Å². The van der Waals surface area contributed by atoms with Crippen LogP contribution < -0.4 is 10.5 Å². The molecular weight excluding hydrogens is 238 g/mol. The van der Waals surface area contributed by atoms with E-state index in [1.54, 1.807) is 6.07 Å². The third kappa shape index (κ3) is 2.38. The monoisotopic (exact) mass is 253 g/mol. The summed E-state index contributed by atoms with van der Waals surface area (Å²) in [6.45, 7) is 0. The van der Waals surface area contributed by atoms with E-state index in [1.807, 2.05) is 24.3 Å². The van der Waals surface area contributed by atoms with Gasteiger partial charge in [0.25, 0.3) is 0 Å². The SMILES string of the molecule is N#Cc1cc(OC2CCC(N)C2)nc2ccccc12. The van der Waals surface area contributed by atoms with E-state index in [0.717, 1.165) is 30.2 Å². The van der Waals surface area contributed by atoms with Crippen LogP contribution in [0.5, 0.6) is 5.88 Å². The minimum atomic E-state index is 0.121. The number of nitrogens with zero attached hydrogens (tertiary/aromatic N) is 2. The standard InChI is InChI=1S/C15H15N3O/c16-9-10-7-15(19-12-6-5-11(17)8-12)18-14-4-2-1-3-13(10)14/h1-4,7,11-12H,5-6,8,17H2. The Hall–Kier alpha value is -2.12. The summed E-state index contributed by atoms with van der Waals surface area (Å²) >= 11 is 0. The number of nitrogens with two attached hydrogens (primary N) is 1. The Morgan fingerprint density at radius 3 is 2.89 bits per heavy atom. The van der Waals surface area contributed by atoms with E-state index in [4.69, 9.17) is 10.5 Å². The van der Waals surface area contributed by atoms with Crippen molar-refractivity contribution in [1.82, 2.24) is 4.98 Å². The average Bonchev–Trinajstić information content (AvgIpc) is 2.83. The highest BCUT2D eigenvalue weighted by Gasteiger charge is 2.23. The van der Waals surface area contributed by atoms with Gasteiger partial charge in [0.15, 0.2) is 0 Å². The molecule has 2 N–H and O–H groups in total. The fourth-order valence-electron chi connectivity index (χ4n) is 2.56. The molecule has 19 heavy (non-hydrogen) atoms. The molecule has 96 valence electrons. The van der Waals surface area contributed by atoms with E-state index in [9.17, 15) is 5.26 Å². The van der Waals surface area contributed by atoms with Crippen LogP contribution in [0.3, 0.4) is 0 Å². The molecule has 2 unspecified atom stereocenters. The average molecular weight is 253 g/mol. The second-order valence-electron chi connectivity index (χ2n) is 4.95. The predicted octanol–water partition coefficient (Wildman–Crippen LogP) is 2.37. The van der Waals surface area contributed by atoms with Gasteiger partial charge in [0.2, 0.25) is 5.88 Å². The predicted molar refractivity (Wildman–Crippen MR) is 72.7 cm³/mol. The molecule has 0 spiro atoms. The Morgan fingerprint density at radius 2 is 2.16 bits per heavy atom. The molecule has 0 saturated heterocycles. The lowest BCUT2D eigenvalue weighted by atomic mass is 10.1. The van der Waals surface area contributed by atoms with Gasteiger partial charge in [-0.1, -0.05) is 18.2 Å². The maximum atomic E-state index is 9.21. The van der Waals surface area contributed by atoms with Crippen molar-refractivity contribution in [3.05, 3.63) is 35.9 Å². The molecule has 0 amide bonds. The fourth-order valence-corrected chi connectivity index (χ4v) is 2.56. The van der Waals surface area contributed by atoms with Crippen LogP contribution in [0, 0.1) is 11.3 Å². The number of fused-ring (bicyclic) bond motifs is 1. The Bertz CT molecular complexity index is 647. The van der Waals surface area contributed by atoms with Gasteiger partial charge in [-0.15, -0.1) is 0 Å². The topological polar surface area (TPSA) is 71.9 Å². The summed E-state index contributed by atoms with van der Waals surface area (Å²) in [5, 5.41) is 10.1. The third-order valence-corrected chi connectivity index (χ3v) is 3.53. The van der Waals surface area contributed by atoms with E-state index >= 15 is 0 Å². The normalized spacial score (nSPS) is 22.3. The van der Waals surface area contributed by atoms with Crippen molar-refractivity contribution < 1.29 is 4.74 Å². The first-order valence-corrected chi connectivity index (χ1v) is 6.48. The summed E-state index contributed by atoms with van der Waals surface area (Å²) < 4.78 is 5.85. The number of benzene rings is 1. The van der Waals surface area contributed by atoms with Crippen LogP contribution in [0.1, 0.15) is 24.8 Å². The van der Waals surface area contributed by atoms with Crippen molar-refractivity contribution >= 4 is 10.9 Å². The van der Waals surface area contributed by atoms with Crippen LogP contribution in [0.2, 0.25) is 0 Å². The van der Waals surface area contributed by atoms with Crippen LogP contribution in [-0.2, 0) is 0 Å². The van der Waals surface area contributed by atoms with E-state index in [2.05, 4.69) is 11.1 Å². The van der Waals surface area contributed by atoms with Gasteiger partial charge in [0.05, 0.1) is 11.1 Å². The Balaban J connectivity index is 1.94. The lowest BCUT2D eigenvalue weighted by Gasteiger charge is -2.13. The molecule has 1 aliphatic carbocycles. The van der Waals surface area contributed by atoms with Gasteiger partial charge in [0.1, 0.15) is 12.2 Å². The van der Waals surface area contributed by atoms with Gasteiger partial charge in [-0.05, 0) is 25.3 Å². The van der Waals surface area contributed by atoms with Crippen molar-refractivity contribution in [2.75, 3.05) is 0 Å². The highest BCUT2D eigenvalue weighted by atomic mass is 16.5. The summed E-state index contributed by atoms with van der Waals surface area (Å²) in [7, 11) is 0. The maximum absolute atomic E-state index is 9.21. The number of pyridine rings is 1. The van der Waals surface area contributed by atoms with Crippen LogP contribution in [0.25, 0.3) is 10.9 Å². The zero-order valence-corrected chi connectivity index (χ0v) is 10.5. The highest BCUT2D eigenvalue weighted by molar-refractivity contribution is 5.85. The summed E-state index contributed by atoms with van der Waals surface area (Å²) in [4.78, 5) is 4.46. The van der Waals surface area contributed by atoms with Gasteiger partial charge < -0.3 is 10.5 Å². The van der Waals surface area contributed by atoms with E-state index < -0.39 is 0 Å². The molecule has 4 heteroatoms. The molecule has 3 rings (SSSR count). The molecule has 1 saturated carbocycles. The molecule has 0 bridgehead atoms. The van der Waals surface area contributed by atoms with Crippen molar-refractivity contribution in [2.45, 2.75) is 31.4 Å². The third-order valence-electron chi connectivity index (χ3n) is 3.53. The summed E-state index contributed by atoms with van der Waals surface area (Å²) in [6, 6.07) is 11.7. The van der Waals surface area contributed by atoms with Crippen LogP contribution in [0.15, 0.2) is 30.3 Å². The second kappa shape index (κ2) is 4.87. The first-order valence-electron chi connectivity index (χ1n) is 6.48. The number of rotatable bonds is 2. The molecule has 1 fully saturated rings. The Kier molecular flexibility index (Phi) is 3.06. The van der Waals surface area contributed by atoms with Crippen molar-refractivity contribution in [3.8, 4) is 11.9 Å². The summed E-state index contributed by atoms with van der Waals surface area (Å²) in [5.41, 5.74) is 7.26. The fraction of sp³-hybridized carbons (Fsp3) is 0.333. The van der Waals surface area contributed by atoms with Crippen molar-refractivity contribution in [1.29, 1.82) is 5.26 Å². The van der Waals surface area contributed by atoms with Gasteiger partial charge in [-0.2, -0.15) is 5.26 Å². The molecular formula is C15H15N3O. The Morgan fingerprint density at radius 1 is 1.32 bits per heavy atom. The zero-order valence-electron chi connectivity index (χ0n) is 10.5. The highest BCUT2D eigenvalue weighted by Crippen LogP contribution is 2.26. The quantitative estimate of drug-likeness (QED) is 0.891. The van der Waals surface area contributed by atoms with E-state index in [0.29, 0.717) is 11.4 Å². The van der Waals surface area contributed by atoms with E-state index in [1.165, 1.54) is 0 Å². The molecule has 0 aliphatic heterocycles. The largest absolute Gasteiger partial charge is 0.474 e. The molecule has 2 atom stereocenters. The number of para-hydroxylation sites is 1. The van der Waals surface area contributed by atoms with Gasteiger partial charge >= 0.3 is 0 Å². The van der Waals surface area contributed by atoms with Crippen molar-refractivity contribution in [2.24, 2.45) is 5.73 Å². The number of hydrogen-bond acceptors (Lipinski definition) is 4. The smallest absolute Gasteiger partial charge is 0.215 e. The lowest BCUT2D eigenvalue weighted by Crippen LogP contribution is -2.19. The van der Waals surface area contributed by atoms with Crippen LogP contribution in [-0.4, -0.2) is 17.1 Å². The van der Waals surface area contributed by atoms with Gasteiger partial charge in [-0.3, -0.25) is 0 Å². The molecule has 0 radical (unpaired) electrons. The molecule has 1 aliphatic rings. The first-order chi connectivity index (χ1) is 9.26.